The number of amides is 1. The second-order valence-corrected chi connectivity index (χ2v) is 6.52. The highest BCUT2D eigenvalue weighted by molar-refractivity contribution is 6.06. The number of benzene rings is 1. The van der Waals surface area contributed by atoms with Gasteiger partial charge in [-0.2, -0.15) is 0 Å². The number of aliphatic hydroxyl groups is 1. The van der Waals surface area contributed by atoms with Crippen LogP contribution in [0.15, 0.2) is 24.3 Å². The van der Waals surface area contributed by atoms with Crippen molar-refractivity contribution in [1.29, 1.82) is 0 Å². The molecule has 4 heteroatoms. The Morgan fingerprint density at radius 2 is 2.09 bits per heavy atom. The molecule has 0 aliphatic carbocycles. The van der Waals surface area contributed by atoms with Gasteiger partial charge in [-0.25, -0.2) is 0 Å². The van der Waals surface area contributed by atoms with E-state index >= 15 is 0 Å². The van der Waals surface area contributed by atoms with Crippen LogP contribution >= 0.6 is 0 Å². The Labute approximate surface area is 137 Å². The SMILES string of the molecule is Cc1ccc2nc(C)cc(C(=O)N3CCCCC[C@@H]3CO)c2c1. The van der Waals surface area contributed by atoms with Gasteiger partial charge in [-0.1, -0.05) is 24.5 Å². The molecule has 2 heterocycles. The fourth-order valence-corrected chi connectivity index (χ4v) is 3.44. The molecule has 1 saturated heterocycles. The molecular formula is C19H24N2O2. The zero-order valence-corrected chi connectivity index (χ0v) is 13.9. The van der Waals surface area contributed by atoms with Gasteiger partial charge >= 0.3 is 0 Å². The molecule has 0 unspecified atom stereocenters. The molecule has 1 N–H and O–H groups in total. The summed E-state index contributed by atoms with van der Waals surface area (Å²) in [6, 6.07) is 7.83. The number of pyridine rings is 1. The van der Waals surface area contributed by atoms with E-state index in [0.29, 0.717) is 5.56 Å². The van der Waals surface area contributed by atoms with Gasteiger partial charge in [0.15, 0.2) is 0 Å². The first-order valence-electron chi connectivity index (χ1n) is 8.40. The lowest BCUT2D eigenvalue weighted by Crippen LogP contribution is -2.42. The van der Waals surface area contributed by atoms with Crippen LogP contribution in [0.2, 0.25) is 0 Å². The first-order valence-corrected chi connectivity index (χ1v) is 8.40. The van der Waals surface area contributed by atoms with Crippen LogP contribution in [-0.4, -0.2) is 40.1 Å². The van der Waals surface area contributed by atoms with Crippen molar-refractivity contribution in [2.45, 2.75) is 45.6 Å². The van der Waals surface area contributed by atoms with Crippen LogP contribution in [-0.2, 0) is 0 Å². The summed E-state index contributed by atoms with van der Waals surface area (Å²) in [5.41, 5.74) is 3.53. The van der Waals surface area contributed by atoms with Gasteiger partial charge in [0.2, 0.25) is 0 Å². The molecule has 2 aromatic rings. The highest BCUT2D eigenvalue weighted by Gasteiger charge is 2.27. The summed E-state index contributed by atoms with van der Waals surface area (Å²) in [4.78, 5) is 19.6. The van der Waals surface area contributed by atoms with Crippen LogP contribution in [0.1, 0.15) is 47.3 Å². The zero-order chi connectivity index (χ0) is 16.4. The minimum absolute atomic E-state index is 0.0204. The lowest BCUT2D eigenvalue weighted by Gasteiger charge is -2.29. The Hall–Kier alpha value is -1.94. The van der Waals surface area contributed by atoms with Gasteiger partial charge in [-0.15, -0.1) is 0 Å². The standard InChI is InChI=1S/C19H24N2O2/c1-13-7-8-18-16(10-13)17(11-14(2)20-18)19(23)21-9-5-3-4-6-15(21)12-22/h7-8,10-11,15,22H,3-6,9,12H2,1-2H3/t15-/m1/s1. The summed E-state index contributed by atoms with van der Waals surface area (Å²) >= 11 is 0. The van der Waals surface area contributed by atoms with Gasteiger partial charge in [0.05, 0.1) is 23.7 Å². The molecule has 1 aromatic carbocycles. The molecule has 0 bridgehead atoms. The van der Waals surface area contributed by atoms with Gasteiger partial charge in [-0.3, -0.25) is 9.78 Å². The summed E-state index contributed by atoms with van der Waals surface area (Å²) in [7, 11) is 0. The largest absolute Gasteiger partial charge is 0.394 e. The highest BCUT2D eigenvalue weighted by atomic mass is 16.3. The second-order valence-electron chi connectivity index (χ2n) is 6.52. The van der Waals surface area contributed by atoms with Crippen molar-refractivity contribution >= 4 is 16.8 Å². The number of aryl methyl sites for hydroxylation is 2. The van der Waals surface area contributed by atoms with Crippen LogP contribution in [0.25, 0.3) is 10.9 Å². The molecule has 0 saturated carbocycles. The quantitative estimate of drug-likeness (QED) is 0.926. The van der Waals surface area contributed by atoms with Crippen molar-refractivity contribution in [3.05, 3.63) is 41.1 Å². The third kappa shape index (κ3) is 3.22. The number of likely N-dealkylation sites (tertiary alicyclic amines) is 1. The molecule has 1 aromatic heterocycles. The average Bonchev–Trinajstić information content (AvgIpc) is 2.79. The molecule has 1 aliphatic heterocycles. The Bertz CT molecular complexity index is 727. The molecule has 0 spiro atoms. The number of aromatic nitrogens is 1. The van der Waals surface area contributed by atoms with E-state index in [9.17, 15) is 9.90 Å². The van der Waals surface area contributed by atoms with E-state index in [0.717, 1.165) is 54.4 Å². The molecule has 23 heavy (non-hydrogen) atoms. The van der Waals surface area contributed by atoms with E-state index in [-0.39, 0.29) is 18.6 Å². The first kappa shape index (κ1) is 15.9. The molecular weight excluding hydrogens is 288 g/mol. The van der Waals surface area contributed by atoms with Crippen LogP contribution in [0.5, 0.6) is 0 Å². The van der Waals surface area contributed by atoms with Gasteiger partial charge in [0, 0.05) is 17.6 Å². The Morgan fingerprint density at radius 1 is 1.26 bits per heavy atom. The van der Waals surface area contributed by atoms with Crippen molar-refractivity contribution in [2.24, 2.45) is 0 Å². The van der Waals surface area contributed by atoms with Crippen molar-refractivity contribution in [1.82, 2.24) is 9.88 Å². The van der Waals surface area contributed by atoms with Crippen molar-refractivity contribution < 1.29 is 9.90 Å². The van der Waals surface area contributed by atoms with E-state index in [1.807, 2.05) is 43.0 Å². The number of carbonyl (C=O) groups excluding carboxylic acids is 1. The van der Waals surface area contributed by atoms with E-state index < -0.39 is 0 Å². The summed E-state index contributed by atoms with van der Waals surface area (Å²) < 4.78 is 0. The van der Waals surface area contributed by atoms with Crippen molar-refractivity contribution in [2.75, 3.05) is 13.2 Å². The third-order valence-corrected chi connectivity index (χ3v) is 4.67. The first-order chi connectivity index (χ1) is 11.1. The number of nitrogens with zero attached hydrogens (tertiary/aromatic N) is 2. The van der Waals surface area contributed by atoms with Crippen molar-refractivity contribution in [3.8, 4) is 0 Å². The number of aliphatic hydroxyl groups excluding tert-OH is 1. The lowest BCUT2D eigenvalue weighted by atomic mass is 10.0. The monoisotopic (exact) mass is 312 g/mol. The number of hydrogen-bond acceptors (Lipinski definition) is 3. The van der Waals surface area contributed by atoms with Crippen LogP contribution in [0.3, 0.4) is 0 Å². The van der Waals surface area contributed by atoms with Gasteiger partial charge in [-0.05, 0) is 44.9 Å². The van der Waals surface area contributed by atoms with Crippen LogP contribution < -0.4 is 0 Å². The van der Waals surface area contributed by atoms with E-state index in [4.69, 9.17) is 0 Å². The minimum atomic E-state index is -0.0710. The summed E-state index contributed by atoms with van der Waals surface area (Å²) in [6.45, 7) is 4.70. The molecule has 1 fully saturated rings. The number of rotatable bonds is 2. The maximum absolute atomic E-state index is 13.2. The predicted molar refractivity (Wildman–Crippen MR) is 91.6 cm³/mol. The zero-order valence-electron chi connectivity index (χ0n) is 13.9. The average molecular weight is 312 g/mol. The Morgan fingerprint density at radius 3 is 2.87 bits per heavy atom. The fourth-order valence-electron chi connectivity index (χ4n) is 3.44. The highest BCUT2D eigenvalue weighted by Crippen LogP contribution is 2.25. The predicted octanol–water partition coefficient (Wildman–Crippen LogP) is 3.23. The minimum Gasteiger partial charge on any atom is -0.394 e. The summed E-state index contributed by atoms with van der Waals surface area (Å²) in [6.07, 6.45) is 4.08. The number of fused-ring (bicyclic) bond motifs is 1. The molecule has 3 rings (SSSR count). The topological polar surface area (TPSA) is 53.4 Å². The number of carbonyl (C=O) groups is 1. The summed E-state index contributed by atoms with van der Waals surface area (Å²) in [5, 5.41) is 10.6. The van der Waals surface area contributed by atoms with E-state index in [1.165, 1.54) is 0 Å². The normalized spacial score (nSPS) is 18.9. The summed E-state index contributed by atoms with van der Waals surface area (Å²) in [5.74, 6) is 0.0204. The molecule has 0 radical (unpaired) electrons. The van der Waals surface area contributed by atoms with E-state index in [2.05, 4.69) is 4.98 Å². The maximum atomic E-state index is 13.2. The van der Waals surface area contributed by atoms with Gasteiger partial charge in [0.25, 0.3) is 5.91 Å². The number of hydrogen-bond donors (Lipinski definition) is 1. The lowest BCUT2D eigenvalue weighted by molar-refractivity contribution is 0.0601. The fraction of sp³-hybridized carbons (Fsp3) is 0.474. The maximum Gasteiger partial charge on any atom is 0.254 e. The van der Waals surface area contributed by atoms with Crippen molar-refractivity contribution in [3.63, 3.8) is 0 Å². The second kappa shape index (κ2) is 6.67. The molecule has 122 valence electrons. The van der Waals surface area contributed by atoms with Gasteiger partial charge in [0.1, 0.15) is 0 Å². The molecule has 1 atom stereocenters. The van der Waals surface area contributed by atoms with Gasteiger partial charge < -0.3 is 10.0 Å². The molecule has 4 nitrogen and oxygen atoms in total. The smallest absolute Gasteiger partial charge is 0.254 e. The van der Waals surface area contributed by atoms with E-state index in [1.54, 1.807) is 0 Å². The molecule has 1 amide bonds. The molecule has 1 aliphatic rings. The third-order valence-electron chi connectivity index (χ3n) is 4.67. The Balaban J connectivity index is 2.07. The Kier molecular flexibility index (Phi) is 4.62. The van der Waals surface area contributed by atoms with Crippen LogP contribution in [0.4, 0.5) is 0 Å². The van der Waals surface area contributed by atoms with Crippen LogP contribution in [0, 0.1) is 13.8 Å².